The quantitative estimate of drug-likeness (QED) is 0.342. The van der Waals surface area contributed by atoms with Crippen molar-refractivity contribution in [1.29, 1.82) is 0 Å². The van der Waals surface area contributed by atoms with Gasteiger partial charge in [-0.25, -0.2) is 4.99 Å². The molecule has 3 N–H and O–H groups in total. The maximum atomic E-state index is 12.9. The third kappa shape index (κ3) is 7.23. The highest BCUT2D eigenvalue weighted by molar-refractivity contribution is 6.23. The number of allylic oxidation sites excluding steroid dienone is 2. The van der Waals surface area contributed by atoms with E-state index < -0.39 is 0 Å². The topological polar surface area (TPSA) is 80.2 Å². The Morgan fingerprint density at radius 2 is 1.35 bits per heavy atom. The van der Waals surface area contributed by atoms with Gasteiger partial charge in [0.05, 0.1) is 29.4 Å². The molecule has 0 saturated heterocycles. The van der Waals surface area contributed by atoms with Gasteiger partial charge >= 0.3 is 0 Å². The zero-order valence-corrected chi connectivity index (χ0v) is 23.0. The van der Waals surface area contributed by atoms with Gasteiger partial charge in [0.1, 0.15) is 0 Å². The summed E-state index contributed by atoms with van der Waals surface area (Å²) in [6.07, 6.45) is 3.30. The zero-order chi connectivity index (χ0) is 26.9. The number of carbonyl (C=O) groups is 1. The first kappa shape index (κ1) is 28.0. The van der Waals surface area contributed by atoms with E-state index in [-0.39, 0.29) is 12.4 Å². The standard InChI is InChI=1S/C30H41N5O2/c1-7-34(21(3)4)25-13-9-23(10-14-25)32-28-19-29(30(37)20-27(28)31-17-18-36)33-24-11-15-26(16-12-24)35(8-2)22(5)6/h9-16,19-22,31,33,36H,7-8,17-18H2,1-6H3. The molecule has 0 fully saturated rings. The fraction of sp³-hybridized carbons (Fsp3) is 0.400. The molecular formula is C30H41N5O2. The molecule has 2 aromatic carbocycles. The molecule has 0 heterocycles. The van der Waals surface area contributed by atoms with Crippen LogP contribution in [0, 0.1) is 0 Å². The van der Waals surface area contributed by atoms with Crippen molar-refractivity contribution < 1.29 is 9.90 Å². The van der Waals surface area contributed by atoms with E-state index in [1.54, 1.807) is 6.08 Å². The number of hydrogen-bond acceptors (Lipinski definition) is 7. The molecule has 7 heteroatoms. The lowest BCUT2D eigenvalue weighted by Crippen LogP contribution is -2.30. The van der Waals surface area contributed by atoms with Crippen LogP contribution in [0.15, 0.2) is 77.1 Å². The van der Waals surface area contributed by atoms with Gasteiger partial charge in [0.25, 0.3) is 0 Å². The fourth-order valence-electron chi connectivity index (χ4n) is 4.53. The van der Waals surface area contributed by atoms with Crippen molar-refractivity contribution >= 4 is 34.2 Å². The van der Waals surface area contributed by atoms with Crippen molar-refractivity contribution in [3.8, 4) is 0 Å². The molecular weight excluding hydrogens is 462 g/mol. The number of aliphatic hydroxyl groups is 1. The van der Waals surface area contributed by atoms with Gasteiger partial charge < -0.3 is 25.5 Å². The second-order valence-electron chi connectivity index (χ2n) is 9.58. The van der Waals surface area contributed by atoms with Crippen LogP contribution in [0.5, 0.6) is 0 Å². The summed E-state index contributed by atoms with van der Waals surface area (Å²) in [5.41, 5.74) is 5.59. The summed E-state index contributed by atoms with van der Waals surface area (Å²) in [4.78, 5) is 22.4. The van der Waals surface area contributed by atoms with Gasteiger partial charge in [0, 0.05) is 54.9 Å². The van der Waals surface area contributed by atoms with Crippen LogP contribution in [0.2, 0.25) is 0 Å². The molecule has 0 unspecified atom stereocenters. The maximum absolute atomic E-state index is 12.9. The SMILES string of the molecule is CCN(c1ccc(N=C2C=C(Nc3ccc(N(CC)C(C)C)cc3)C(=O)C=C2NCCO)cc1)C(C)C. The third-order valence-corrected chi connectivity index (χ3v) is 6.36. The van der Waals surface area contributed by atoms with Gasteiger partial charge in [-0.1, -0.05) is 0 Å². The molecule has 2 aromatic rings. The smallest absolute Gasteiger partial charge is 0.204 e. The van der Waals surface area contributed by atoms with Crippen LogP contribution in [-0.2, 0) is 4.79 Å². The number of aliphatic imine (C=N–C) groups is 1. The summed E-state index contributed by atoms with van der Waals surface area (Å²) in [6.45, 7) is 15.1. The molecule has 0 saturated carbocycles. The van der Waals surface area contributed by atoms with Crippen LogP contribution in [0.4, 0.5) is 22.7 Å². The molecule has 0 atom stereocenters. The Balaban J connectivity index is 1.87. The monoisotopic (exact) mass is 503 g/mol. The lowest BCUT2D eigenvalue weighted by molar-refractivity contribution is -0.111. The van der Waals surface area contributed by atoms with Crippen molar-refractivity contribution in [2.75, 3.05) is 41.4 Å². The van der Waals surface area contributed by atoms with E-state index in [0.29, 0.717) is 35.7 Å². The molecule has 37 heavy (non-hydrogen) atoms. The van der Waals surface area contributed by atoms with E-state index in [1.807, 2.05) is 24.3 Å². The van der Waals surface area contributed by atoms with Crippen LogP contribution in [0.25, 0.3) is 0 Å². The second-order valence-corrected chi connectivity index (χ2v) is 9.58. The number of carbonyl (C=O) groups excluding carboxylic acids is 1. The van der Waals surface area contributed by atoms with Gasteiger partial charge in [-0.05, 0) is 96.1 Å². The second kappa shape index (κ2) is 13.1. The first-order valence-corrected chi connectivity index (χ1v) is 13.2. The van der Waals surface area contributed by atoms with Gasteiger partial charge in [-0.15, -0.1) is 0 Å². The fourth-order valence-corrected chi connectivity index (χ4v) is 4.53. The average Bonchev–Trinajstić information content (AvgIpc) is 2.87. The van der Waals surface area contributed by atoms with Crippen molar-refractivity contribution in [3.05, 3.63) is 72.1 Å². The first-order valence-electron chi connectivity index (χ1n) is 13.2. The van der Waals surface area contributed by atoms with E-state index in [2.05, 4.69) is 86.2 Å². The molecule has 0 aromatic heterocycles. The highest BCUT2D eigenvalue weighted by Crippen LogP contribution is 2.25. The van der Waals surface area contributed by atoms with Crippen LogP contribution < -0.4 is 20.4 Å². The molecule has 3 rings (SSSR count). The summed E-state index contributed by atoms with van der Waals surface area (Å²) in [6, 6.07) is 17.0. The zero-order valence-electron chi connectivity index (χ0n) is 23.0. The van der Waals surface area contributed by atoms with Crippen LogP contribution in [0.1, 0.15) is 41.5 Å². The molecule has 7 nitrogen and oxygen atoms in total. The number of nitrogens with zero attached hydrogens (tertiary/aromatic N) is 3. The Morgan fingerprint density at radius 3 is 1.84 bits per heavy atom. The average molecular weight is 504 g/mol. The Morgan fingerprint density at radius 1 is 0.811 bits per heavy atom. The Hall–Kier alpha value is -3.58. The number of anilines is 3. The van der Waals surface area contributed by atoms with Crippen LogP contribution in [0.3, 0.4) is 0 Å². The van der Waals surface area contributed by atoms with E-state index in [0.717, 1.165) is 35.8 Å². The highest BCUT2D eigenvalue weighted by atomic mass is 16.3. The largest absolute Gasteiger partial charge is 0.395 e. The van der Waals surface area contributed by atoms with Crippen LogP contribution >= 0.6 is 0 Å². The maximum Gasteiger partial charge on any atom is 0.204 e. The lowest BCUT2D eigenvalue weighted by Gasteiger charge is -2.27. The highest BCUT2D eigenvalue weighted by Gasteiger charge is 2.20. The number of hydrogen-bond donors (Lipinski definition) is 3. The van der Waals surface area contributed by atoms with E-state index in [9.17, 15) is 9.90 Å². The molecule has 0 bridgehead atoms. The Labute approximate surface area is 221 Å². The van der Waals surface area contributed by atoms with E-state index >= 15 is 0 Å². The molecule has 0 radical (unpaired) electrons. The van der Waals surface area contributed by atoms with Crippen LogP contribution in [-0.4, -0.2) is 54.9 Å². The number of benzene rings is 2. The lowest BCUT2D eigenvalue weighted by atomic mass is 10.0. The normalized spacial score (nSPS) is 14.6. The minimum absolute atomic E-state index is 0.0398. The van der Waals surface area contributed by atoms with E-state index in [4.69, 9.17) is 4.99 Å². The number of aliphatic hydroxyl groups excluding tert-OH is 1. The summed E-state index contributed by atoms with van der Waals surface area (Å²) in [5, 5.41) is 15.7. The molecule has 0 amide bonds. The van der Waals surface area contributed by atoms with Crippen molar-refractivity contribution in [2.24, 2.45) is 4.99 Å². The minimum atomic E-state index is -0.147. The number of rotatable bonds is 12. The van der Waals surface area contributed by atoms with Gasteiger partial charge in [0.15, 0.2) is 0 Å². The summed E-state index contributed by atoms with van der Waals surface area (Å²) in [7, 11) is 0. The first-order chi connectivity index (χ1) is 17.8. The van der Waals surface area contributed by atoms with Gasteiger partial charge in [-0.2, -0.15) is 0 Å². The van der Waals surface area contributed by atoms with Crippen molar-refractivity contribution in [2.45, 2.75) is 53.6 Å². The molecule has 1 aliphatic rings. The molecule has 0 aliphatic heterocycles. The van der Waals surface area contributed by atoms with E-state index in [1.165, 1.54) is 6.08 Å². The third-order valence-electron chi connectivity index (χ3n) is 6.36. The minimum Gasteiger partial charge on any atom is -0.395 e. The van der Waals surface area contributed by atoms with Gasteiger partial charge in [-0.3, -0.25) is 4.79 Å². The number of nitrogens with one attached hydrogen (secondary N) is 2. The summed E-state index contributed by atoms with van der Waals surface area (Å²) < 4.78 is 0. The van der Waals surface area contributed by atoms with Crippen molar-refractivity contribution in [1.82, 2.24) is 5.32 Å². The summed E-state index contributed by atoms with van der Waals surface area (Å²) in [5.74, 6) is -0.147. The Kier molecular flexibility index (Phi) is 9.92. The predicted molar refractivity (Wildman–Crippen MR) is 156 cm³/mol. The number of ketones is 1. The predicted octanol–water partition coefficient (Wildman–Crippen LogP) is 5.27. The van der Waals surface area contributed by atoms with Gasteiger partial charge in [0.2, 0.25) is 5.78 Å². The van der Waals surface area contributed by atoms with Crippen molar-refractivity contribution in [3.63, 3.8) is 0 Å². The molecule has 1 aliphatic carbocycles. The molecule has 198 valence electrons. The summed E-state index contributed by atoms with van der Waals surface area (Å²) >= 11 is 0. The molecule has 0 spiro atoms. The Bertz CT molecular complexity index is 1130.